The van der Waals surface area contributed by atoms with Gasteiger partial charge in [-0.15, -0.1) is 22.0 Å². The molecule has 6 nitrogen and oxygen atoms in total. The number of thioether (sulfide) groups is 2. The number of halogens is 1. The van der Waals surface area contributed by atoms with Gasteiger partial charge >= 0.3 is 0 Å². The molecule has 3 aromatic carbocycles. The van der Waals surface area contributed by atoms with E-state index in [1.807, 2.05) is 89.7 Å². The average molecular weight is 494 g/mol. The molecule has 9 heteroatoms. The maximum atomic E-state index is 12.4. The zero-order valence-corrected chi connectivity index (χ0v) is 20.1. The largest absolute Gasteiger partial charge is 0.272 e. The van der Waals surface area contributed by atoms with Crippen LogP contribution in [0.3, 0.4) is 0 Å². The molecular weight excluding hydrogens is 474 g/mol. The van der Waals surface area contributed by atoms with Crippen molar-refractivity contribution in [1.82, 2.24) is 20.2 Å². The van der Waals surface area contributed by atoms with Crippen molar-refractivity contribution >= 4 is 47.2 Å². The Labute approximate surface area is 205 Å². The van der Waals surface area contributed by atoms with E-state index in [2.05, 4.69) is 20.7 Å². The number of hydrogen-bond acceptors (Lipinski definition) is 6. The summed E-state index contributed by atoms with van der Waals surface area (Å²) in [5.41, 5.74) is 5.26. The van der Waals surface area contributed by atoms with Gasteiger partial charge in [0.05, 0.1) is 12.0 Å². The molecule has 1 amide bonds. The third kappa shape index (κ3) is 6.04. The Kier molecular flexibility index (Phi) is 7.83. The van der Waals surface area contributed by atoms with Crippen LogP contribution in [0.5, 0.6) is 0 Å². The second-order valence-corrected chi connectivity index (χ2v) is 9.10. The molecule has 0 radical (unpaired) electrons. The van der Waals surface area contributed by atoms with Gasteiger partial charge in [0.1, 0.15) is 0 Å². The minimum absolute atomic E-state index is 0.142. The fourth-order valence-corrected chi connectivity index (χ4v) is 4.27. The Balaban J connectivity index is 1.47. The molecule has 4 aromatic rings. The lowest BCUT2D eigenvalue weighted by Crippen LogP contribution is -2.20. The van der Waals surface area contributed by atoms with Crippen LogP contribution in [0.2, 0.25) is 5.02 Å². The highest BCUT2D eigenvalue weighted by Crippen LogP contribution is 2.28. The van der Waals surface area contributed by atoms with Crippen molar-refractivity contribution in [2.45, 2.75) is 10.1 Å². The molecule has 1 aromatic heterocycles. The van der Waals surface area contributed by atoms with Gasteiger partial charge < -0.3 is 0 Å². The minimum Gasteiger partial charge on any atom is -0.272 e. The van der Waals surface area contributed by atoms with Gasteiger partial charge in [-0.1, -0.05) is 65.8 Å². The van der Waals surface area contributed by atoms with E-state index in [9.17, 15) is 4.79 Å². The third-order valence-corrected chi connectivity index (χ3v) is 6.53. The van der Waals surface area contributed by atoms with Gasteiger partial charge in [0.15, 0.2) is 11.0 Å². The van der Waals surface area contributed by atoms with Crippen molar-refractivity contribution in [2.75, 3.05) is 12.0 Å². The van der Waals surface area contributed by atoms with Gasteiger partial charge in [-0.3, -0.25) is 9.36 Å². The van der Waals surface area contributed by atoms with Crippen LogP contribution in [0.25, 0.3) is 17.1 Å². The summed E-state index contributed by atoms with van der Waals surface area (Å²) in [7, 11) is 0. The normalized spacial score (nSPS) is 11.1. The Morgan fingerprint density at radius 3 is 2.45 bits per heavy atom. The molecule has 1 N–H and O–H groups in total. The second kappa shape index (κ2) is 11.2. The lowest BCUT2D eigenvalue weighted by Gasteiger charge is -2.10. The Morgan fingerprint density at radius 2 is 1.76 bits per heavy atom. The van der Waals surface area contributed by atoms with Crippen LogP contribution < -0.4 is 5.43 Å². The first-order chi connectivity index (χ1) is 16.1. The van der Waals surface area contributed by atoms with E-state index in [-0.39, 0.29) is 11.7 Å². The van der Waals surface area contributed by atoms with Crippen LogP contribution >= 0.6 is 35.1 Å². The fraction of sp³-hybridized carbons (Fsp3) is 0.0833. The molecule has 0 aliphatic heterocycles. The van der Waals surface area contributed by atoms with Crippen molar-refractivity contribution in [1.29, 1.82) is 0 Å². The summed E-state index contributed by atoms with van der Waals surface area (Å²) in [6.07, 6.45) is 3.65. The number of amides is 1. The number of carbonyl (C=O) groups excluding carboxylic acids is 1. The number of nitrogens with zero attached hydrogens (tertiary/aromatic N) is 4. The number of hydrazone groups is 1. The van der Waals surface area contributed by atoms with Crippen LogP contribution in [0.1, 0.15) is 5.56 Å². The molecular formula is C24H20ClN5OS2. The molecule has 4 rings (SSSR count). The summed E-state index contributed by atoms with van der Waals surface area (Å²) < 4.78 is 1.92. The summed E-state index contributed by atoms with van der Waals surface area (Å²) >= 11 is 9.03. The SMILES string of the molecule is CSc1ccc(C=NNC(=O)CSc2nnc(-c3ccccc3)n2-c2ccc(Cl)cc2)cc1. The van der Waals surface area contributed by atoms with E-state index in [0.29, 0.717) is 16.0 Å². The zero-order valence-electron chi connectivity index (χ0n) is 17.7. The summed E-state index contributed by atoms with van der Waals surface area (Å²) in [6.45, 7) is 0. The Bertz CT molecular complexity index is 1240. The molecule has 0 aliphatic carbocycles. The quantitative estimate of drug-likeness (QED) is 0.198. The first kappa shape index (κ1) is 23.1. The number of aromatic nitrogens is 3. The highest BCUT2D eigenvalue weighted by atomic mass is 35.5. The van der Waals surface area contributed by atoms with E-state index in [4.69, 9.17) is 11.6 Å². The topological polar surface area (TPSA) is 72.2 Å². The van der Waals surface area contributed by atoms with Crippen molar-refractivity contribution in [3.8, 4) is 17.1 Å². The first-order valence-corrected chi connectivity index (χ1v) is 12.6. The molecule has 0 saturated heterocycles. The zero-order chi connectivity index (χ0) is 23.0. The molecule has 0 bridgehead atoms. The van der Waals surface area contributed by atoms with Gasteiger partial charge in [-0.25, -0.2) is 5.43 Å². The third-order valence-electron chi connectivity index (χ3n) is 4.60. The van der Waals surface area contributed by atoms with E-state index < -0.39 is 0 Å². The number of nitrogens with one attached hydrogen (secondary N) is 1. The standard InChI is InChI=1S/C24H20ClN5OS2/c1-32-21-13-7-17(8-14-21)15-26-27-22(31)16-33-24-29-28-23(18-5-3-2-4-6-18)30(24)20-11-9-19(25)10-12-20/h2-15H,16H2,1H3,(H,27,31). The predicted molar refractivity (Wildman–Crippen MR) is 136 cm³/mol. The van der Waals surface area contributed by atoms with Crippen LogP contribution in [0.4, 0.5) is 0 Å². The molecule has 0 atom stereocenters. The van der Waals surface area contributed by atoms with Gasteiger partial charge in [0.25, 0.3) is 5.91 Å². The lowest BCUT2D eigenvalue weighted by molar-refractivity contribution is -0.118. The first-order valence-electron chi connectivity index (χ1n) is 9.99. The van der Waals surface area contributed by atoms with Gasteiger partial charge in [0.2, 0.25) is 0 Å². The maximum Gasteiger partial charge on any atom is 0.250 e. The average Bonchev–Trinajstić information content (AvgIpc) is 3.28. The summed E-state index contributed by atoms with van der Waals surface area (Å²) in [5.74, 6) is 0.597. The Hall–Kier alpha value is -3.07. The number of rotatable bonds is 8. The molecule has 166 valence electrons. The summed E-state index contributed by atoms with van der Waals surface area (Å²) in [5, 5.41) is 14.0. The second-order valence-electron chi connectivity index (χ2n) is 6.84. The highest BCUT2D eigenvalue weighted by molar-refractivity contribution is 7.99. The van der Waals surface area contributed by atoms with Crippen molar-refractivity contribution in [3.05, 3.63) is 89.4 Å². The maximum absolute atomic E-state index is 12.4. The van der Waals surface area contributed by atoms with Crippen molar-refractivity contribution in [2.24, 2.45) is 5.10 Å². The Morgan fingerprint density at radius 1 is 1.03 bits per heavy atom. The van der Waals surface area contributed by atoms with Gasteiger partial charge in [-0.2, -0.15) is 5.10 Å². The molecule has 33 heavy (non-hydrogen) atoms. The van der Waals surface area contributed by atoms with Crippen molar-refractivity contribution < 1.29 is 4.79 Å². The molecule has 0 aliphatic rings. The predicted octanol–water partition coefficient (Wildman–Crippen LogP) is 5.55. The monoisotopic (exact) mass is 493 g/mol. The molecule has 0 saturated carbocycles. The smallest absolute Gasteiger partial charge is 0.250 e. The van der Waals surface area contributed by atoms with Gasteiger partial charge in [0, 0.05) is 21.2 Å². The minimum atomic E-state index is -0.232. The van der Waals surface area contributed by atoms with Crippen LogP contribution in [-0.4, -0.2) is 38.9 Å². The van der Waals surface area contributed by atoms with E-state index in [1.54, 1.807) is 18.0 Å². The van der Waals surface area contributed by atoms with Gasteiger partial charge in [-0.05, 0) is 48.2 Å². The van der Waals surface area contributed by atoms with Crippen LogP contribution in [-0.2, 0) is 4.79 Å². The number of hydrogen-bond donors (Lipinski definition) is 1. The van der Waals surface area contributed by atoms with Crippen molar-refractivity contribution in [3.63, 3.8) is 0 Å². The fourth-order valence-electron chi connectivity index (χ4n) is 2.99. The van der Waals surface area contributed by atoms with E-state index in [1.165, 1.54) is 16.7 Å². The van der Waals surface area contributed by atoms with Crippen LogP contribution in [0, 0.1) is 0 Å². The van der Waals surface area contributed by atoms with Crippen LogP contribution in [0.15, 0.2) is 94.0 Å². The molecule has 0 fully saturated rings. The summed E-state index contributed by atoms with van der Waals surface area (Å²) in [4.78, 5) is 13.5. The number of carbonyl (C=O) groups is 1. The molecule has 1 heterocycles. The lowest BCUT2D eigenvalue weighted by atomic mass is 10.2. The molecule has 0 spiro atoms. The molecule has 0 unspecified atom stereocenters. The highest BCUT2D eigenvalue weighted by Gasteiger charge is 2.17. The van der Waals surface area contributed by atoms with E-state index in [0.717, 1.165) is 16.8 Å². The summed E-state index contributed by atoms with van der Waals surface area (Å²) in [6, 6.07) is 25.1. The number of benzene rings is 3. The van der Waals surface area contributed by atoms with E-state index >= 15 is 0 Å².